The van der Waals surface area contributed by atoms with E-state index in [0.29, 0.717) is 31.5 Å². The highest BCUT2D eigenvalue weighted by atomic mass is 19.2. The van der Waals surface area contributed by atoms with Crippen molar-refractivity contribution in [3.05, 3.63) is 107 Å². The average molecular weight is 379 g/mol. The Labute approximate surface area is 164 Å². The van der Waals surface area contributed by atoms with Crippen molar-refractivity contribution in [2.45, 2.75) is 37.6 Å². The van der Waals surface area contributed by atoms with E-state index in [1.807, 2.05) is 60.7 Å². The molecule has 1 aliphatic rings. The second-order valence-electron chi connectivity index (χ2n) is 7.56. The Morgan fingerprint density at radius 2 is 1.32 bits per heavy atom. The summed E-state index contributed by atoms with van der Waals surface area (Å²) in [6.45, 7) is 1.20. The fraction of sp³-hybridized carbons (Fsp3) is 0.250. The van der Waals surface area contributed by atoms with Gasteiger partial charge in [0.25, 0.3) is 0 Å². The first-order chi connectivity index (χ1) is 13.5. The fourth-order valence-electron chi connectivity index (χ4n) is 3.82. The van der Waals surface area contributed by atoms with Crippen LogP contribution in [0.2, 0.25) is 0 Å². The first-order valence-electron chi connectivity index (χ1n) is 9.54. The molecule has 3 aromatic carbocycles. The minimum absolute atomic E-state index is 0.414. The number of nitrogens with zero attached hydrogens (tertiary/aromatic N) is 1. The van der Waals surface area contributed by atoms with Crippen LogP contribution in [0.1, 0.15) is 35.6 Å². The second-order valence-corrected chi connectivity index (χ2v) is 7.56. The van der Waals surface area contributed by atoms with E-state index in [9.17, 15) is 13.9 Å². The Morgan fingerprint density at radius 1 is 0.786 bits per heavy atom. The molecule has 1 fully saturated rings. The number of rotatable bonds is 7. The van der Waals surface area contributed by atoms with Crippen LogP contribution in [0, 0.1) is 11.6 Å². The van der Waals surface area contributed by atoms with Crippen LogP contribution in [0.15, 0.2) is 78.9 Å². The molecule has 1 N–H and O–H groups in total. The molecular weight excluding hydrogens is 356 g/mol. The predicted octanol–water partition coefficient (Wildman–Crippen LogP) is 5.23. The third-order valence-electron chi connectivity index (χ3n) is 5.35. The molecule has 28 heavy (non-hydrogen) atoms. The minimum Gasteiger partial charge on any atom is -0.388 e. The summed E-state index contributed by atoms with van der Waals surface area (Å²) in [7, 11) is 0. The van der Waals surface area contributed by atoms with Crippen molar-refractivity contribution < 1.29 is 13.9 Å². The van der Waals surface area contributed by atoms with Crippen LogP contribution in [0.5, 0.6) is 0 Å². The molecular formula is C24H23F2NO. The van der Waals surface area contributed by atoms with Crippen molar-refractivity contribution in [1.29, 1.82) is 0 Å². The van der Waals surface area contributed by atoms with Crippen LogP contribution in [-0.2, 0) is 13.1 Å². The maximum absolute atomic E-state index is 14.0. The summed E-state index contributed by atoms with van der Waals surface area (Å²) in [5.74, 6) is -1.76. The molecule has 4 rings (SSSR count). The van der Waals surface area contributed by atoms with Gasteiger partial charge in [-0.2, -0.15) is 0 Å². The van der Waals surface area contributed by atoms with E-state index in [0.717, 1.165) is 17.2 Å². The maximum atomic E-state index is 14.0. The smallest absolute Gasteiger partial charge is 0.159 e. The maximum Gasteiger partial charge on any atom is 0.159 e. The Hall–Kier alpha value is -2.56. The first-order valence-corrected chi connectivity index (χ1v) is 9.54. The highest BCUT2D eigenvalue weighted by Crippen LogP contribution is 2.49. The molecule has 1 saturated carbocycles. The Morgan fingerprint density at radius 3 is 1.79 bits per heavy atom. The molecule has 0 radical (unpaired) electrons. The predicted molar refractivity (Wildman–Crippen MR) is 105 cm³/mol. The lowest BCUT2D eigenvalue weighted by atomic mass is 9.96. The van der Waals surface area contributed by atoms with Gasteiger partial charge < -0.3 is 5.11 Å². The van der Waals surface area contributed by atoms with Gasteiger partial charge in [-0.05, 0) is 41.7 Å². The Kier molecular flexibility index (Phi) is 5.25. The molecule has 0 spiro atoms. The molecule has 0 unspecified atom stereocenters. The lowest BCUT2D eigenvalue weighted by Crippen LogP contribution is -2.37. The van der Waals surface area contributed by atoms with Crippen molar-refractivity contribution in [3.8, 4) is 0 Å². The number of hydrogen-bond donors (Lipinski definition) is 1. The molecule has 3 aromatic rings. The third-order valence-corrected chi connectivity index (χ3v) is 5.35. The van der Waals surface area contributed by atoms with Gasteiger partial charge >= 0.3 is 0 Å². The average Bonchev–Trinajstić information content (AvgIpc) is 3.44. The number of aliphatic hydroxyl groups is 1. The van der Waals surface area contributed by atoms with Crippen LogP contribution in [0.3, 0.4) is 0 Å². The van der Waals surface area contributed by atoms with Crippen molar-refractivity contribution in [2.75, 3.05) is 0 Å². The second kappa shape index (κ2) is 7.82. The van der Waals surface area contributed by atoms with Crippen molar-refractivity contribution >= 4 is 0 Å². The molecule has 0 saturated heterocycles. The van der Waals surface area contributed by atoms with Crippen LogP contribution in [0.4, 0.5) is 8.78 Å². The SMILES string of the molecule is OC1([C@H](c2ccc(F)c(F)c2)N(Cc2ccccc2)Cc2ccccc2)CC1. The van der Waals surface area contributed by atoms with Crippen LogP contribution in [-0.4, -0.2) is 15.6 Å². The highest BCUT2D eigenvalue weighted by molar-refractivity contribution is 5.28. The zero-order valence-electron chi connectivity index (χ0n) is 15.6. The summed E-state index contributed by atoms with van der Waals surface area (Å²) < 4.78 is 27.5. The van der Waals surface area contributed by atoms with Gasteiger partial charge in [-0.1, -0.05) is 66.7 Å². The number of halogens is 2. The fourth-order valence-corrected chi connectivity index (χ4v) is 3.82. The summed E-state index contributed by atoms with van der Waals surface area (Å²) in [6, 6.07) is 23.5. The number of benzene rings is 3. The van der Waals surface area contributed by atoms with Gasteiger partial charge in [-0.25, -0.2) is 8.78 Å². The molecule has 1 atom stereocenters. The summed E-state index contributed by atoms with van der Waals surface area (Å²) in [5, 5.41) is 11.1. The zero-order chi connectivity index (χ0) is 19.6. The van der Waals surface area contributed by atoms with Crippen molar-refractivity contribution in [3.63, 3.8) is 0 Å². The van der Waals surface area contributed by atoms with Crippen LogP contribution >= 0.6 is 0 Å². The molecule has 144 valence electrons. The molecule has 0 aliphatic heterocycles. The molecule has 4 heteroatoms. The summed E-state index contributed by atoms with van der Waals surface area (Å²) in [4.78, 5) is 2.16. The van der Waals surface area contributed by atoms with E-state index in [4.69, 9.17) is 0 Å². The minimum atomic E-state index is -0.923. The van der Waals surface area contributed by atoms with Crippen LogP contribution < -0.4 is 0 Å². The van der Waals surface area contributed by atoms with Crippen molar-refractivity contribution in [2.24, 2.45) is 0 Å². The molecule has 1 aliphatic carbocycles. The van der Waals surface area contributed by atoms with E-state index in [1.165, 1.54) is 6.07 Å². The van der Waals surface area contributed by atoms with Gasteiger partial charge in [0.05, 0.1) is 11.6 Å². The van der Waals surface area contributed by atoms with E-state index in [2.05, 4.69) is 4.90 Å². The highest BCUT2D eigenvalue weighted by Gasteiger charge is 2.51. The van der Waals surface area contributed by atoms with E-state index in [1.54, 1.807) is 6.07 Å². The van der Waals surface area contributed by atoms with Crippen molar-refractivity contribution in [1.82, 2.24) is 4.90 Å². The van der Waals surface area contributed by atoms with Gasteiger partial charge in [0.2, 0.25) is 0 Å². The normalized spacial score (nSPS) is 16.1. The lowest BCUT2D eigenvalue weighted by Gasteiger charge is -2.36. The van der Waals surface area contributed by atoms with E-state index < -0.39 is 23.3 Å². The topological polar surface area (TPSA) is 23.5 Å². The Balaban J connectivity index is 1.73. The van der Waals surface area contributed by atoms with Gasteiger partial charge in [-0.3, -0.25) is 4.90 Å². The molecule has 0 heterocycles. The number of hydrogen-bond acceptors (Lipinski definition) is 2. The summed E-state index contributed by atoms with van der Waals surface area (Å²) in [6.07, 6.45) is 1.30. The summed E-state index contributed by atoms with van der Waals surface area (Å²) >= 11 is 0. The van der Waals surface area contributed by atoms with Gasteiger partial charge in [-0.15, -0.1) is 0 Å². The van der Waals surface area contributed by atoms with E-state index in [-0.39, 0.29) is 0 Å². The Bertz CT molecular complexity index is 884. The molecule has 2 nitrogen and oxygen atoms in total. The van der Waals surface area contributed by atoms with Crippen LogP contribution in [0.25, 0.3) is 0 Å². The summed E-state index contributed by atoms with van der Waals surface area (Å²) in [5.41, 5.74) is 1.89. The van der Waals surface area contributed by atoms with Gasteiger partial charge in [0.1, 0.15) is 0 Å². The van der Waals surface area contributed by atoms with Gasteiger partial charge in [0, 0.05) is 13.1 Å². The lowest BCUT2D eigenvalue weighted by molar-refractivity contribution is 0.0187. The standard InChI is InChI=1S/C24H23F2NO/c25-21-12-11-20(15-22(21)26)23(24(28)13-14-24)27(16-18-7-3-1-4-8-18)17-19-9-5-2-6-10-19/h1-12,15,23,28H,13-14,16-17H2/t23-/m0/s1. The molecule has 0 bridgehead atoms. The quantitative estimate of drug-likeness (QED) is 0.607. The largest absolute Gasteiger partial charge is 0.388 e. The molecule has 0 aromatic heterocycles. The first kappa shape index (κ1) is 18.8. The van der Waals surface area contributed by atoms with E-state index >= 15 is 0 Å². The zero-order valence-corrected chi connectivity index (χ0v) is 15.6. The van der Waals surface area contributed by atoms with Gasteiger partial charge in [0.15, 0.2) is 11.6 Å². The molecule has 0 amide bonds. The third kappa shape index (κ3) is 4.13. The monoisotopic (exact) mass is 379 g/mol.